The van der Waals surface area contributed by atoms with Crippen LogP contribution in [0.25, 0.3) is 0 Å². The molecule has 0 aromatic heterocycles. The molecule has 0 saturated heterocycles. The molecule has 0 aliphatic heterocycles. The average molecular weight is 609 g/mol. The molecule has 0 heterocycles. The van der Waals surface area contributed by atoms with Gasteiger partial charge in [-0.25, -0.2) is 0 Å². The van der Waals surface area contributed by atoms with Gasteiger partial charge in [0.25, 0.3) is 0 Å². The van der Waals surface area contributed by atoms with E-state index in [1.165, 1.54) is 70.6 Å². The molecular formula is C31H54O4Sn. The van der Waals surface area contributed by atoms with E-state index in [0.717, 1.165) is 37.7 Å². The largest absolute Gasteiger partial charge is 2.00 e. The van der Waals surface area contributed by atoms with Gasteiger partial charge in [-0.2, -0.15) is 0 Å². The van der Waals surface area contributed by atoms with Crippen molar-refractivity contribution in [3.05, 3.63) is 49.2 Å². The number of unbranched alkanes of at least 4 members (excludes halogenated alkanes) is 12. The quantitative estimate of drug-likeness (QED) is 0.151. The van der Waals surface area contributed by atoms with Gasteiger partial charge in [0.15, 0.2) is 0 Å². The van der Waals surface area contributed by atoms with Crippen LogP contribution in [0.4, 0.5) is 0 Å². The fraction of sp³-hybridized carbons (Fsp3) is 0.677. The smallest absolute Gasteiger partial charge is 0.550 e. The molecule has 0 N–H and O–H groups in total. The third kappa shape index (κ3) is 35.1. The van der Waals surface area contributed by atoms with Crippen LogP contribution in [0.1, 0.15) is 146 Å². The third-order valence-electron chi connectivity index (χ3n) is 5.31. The van der Waals surface area contributed by atoms with E-state index in [4.69, 9.17) is 0 Å². The summed E-state index contributed by atoms with van der Waals surface area (Å²) in [5.41, 5.74) is 1.13. The maximum absolute atomic E-state index is 10.5. The van der Waals surface area contributed by atoms with Gasteiger partial charge in [-0.3, -0.25) is 0 Å². The maximum atomic E-state index is 10.5. The van der Waals surface area contributed by atoms with Gasteiger partial charge in [0.05, 0.1) is 5.97 Å². The predicted molar refractivity (Wildman–Crippen MR) is 153 cm³/mol. The van der Waals surface area contributed by atoms with E-state index >= 15 is 0 Å². The maximum Gasteiger partial charge on any atom is 2.00 e. The van der Waals surface area contributed by atoms with Crippen LogP contribution in [0.2, 0.25) is 0 Å². The first-order valence-electron chi connectivity index (χ1n) is 13.9. The molecule has 0 unspecified atom stereocenters. The van der Waals surface area contributed by atoms with E-state index in [1.807, 2.05) is 13.0 Å². The van der Waals surface area contributed by atoms with Crippen LogP contribution in [0.5, 0.6) is 0 Å². The molecule has 0 spiro atoms. The van der Waals surface area contributed by atoms with Gasteiger partial charge >= 0.3 is 23.9 Å². The van der Waals surface area contributed by atoms with Crippen LogP contribution >= 0.6 is 0 Å². The summed E-state index contributed by atoms with van der Waals surface area (Å²) >= 11 is 0. The minimum Gasteiger partial charge on any atom is -0.550 e. The molecule has 0 bridgehead atoms. The molecule has 206 valence electrons. The summed E-state index contributed by atoms with van der Waals surface area (Å²) in [4.78, 5) is 20.6. The number of benzene rings is 1. The van der Waals surface area contributed by atoms with Crippen molar-refractivity contribution in [3.8, 4) is 0 Å². The molecule has 36 heavy (non-hydrogen) atoms. The van der Waals surface area contributed by atoms with E-state index in [2.05, 4.69) is 34.6 Å². The summed E-state index contributed by atoms with van der Waals surface area (Å²) in [5, 5.41) is 20.6. The van der Waals surface area contributed by atoms with Crippen molar-refractivity contribution < 1.29 is 19.8 Å². The Morgan fingerprint density at radius 1 is 0.667 bits per heavy atom. The number of rotatable bonds is 16. The first-order chi connectivity index (χ1) is 16.9. The standard InChI is InChI=1S/C14H28O2.C9H10O2.2C4H9.Sn/c1-2-3-4-5-6-7-8-9-10-11-12-13-14(15)16;1-2-7-5-3-4-6-8(7)9(10)11;2*1-3-4-2;/h2-13H2,1H3,(H,15,16);3-6H,2H2,1H3,(H,10,11);2*1,3-4H2,2H3;/q;;;;+2/p-2. The normalized spacial score (nSPS) is 9.28. The summed E-state index contributed by atoms with van der Waals surface area (Å²) in [7, 11) is 0. The van der Waals surface area contributed by atoms with Crippen LogP contribution in [0.15, 0.2) is 24.3 Å². The number of aromatic carboxylic acids is 1. The minimum atomic E-state index is -1.09. The molecule has 1 rings (SSSR count). The van der Waals surface area contributed by atoms with Crippen molar-refractivity contribution in [1.82, 2.24) is 0 Å². The zero-order valence-electron chi connectivity index (χ0n) is 23.9. The summed E-state index contributed by atoms with van der Waals surface area (Å²) in [6.07, 6.45) is 19.3. The number of hydrogen-bond donors (Lipinski definition) is 0. The molecule has 4 nitrogen and oxygen atoms in total. The molecule has 0 fully saturated rings. The molecule has 0 saturated carbocycles. The van der Waals surface area contributed by atoms with Crippen molar-refractivity contribution >= 4 is 35.8 Å². The van der Waals surface area contributed by atoms with E-state index in [0.29, 0.717) is 5.56 Å². The van der Waals surface area contributed by atoms with Crippen molar-refractivity contribution in [2.45, 2.75) is 137 Å². The Bertz CT molecular complexity index is 567. The number of carboxylic acid groups (broad SMARTS) is 2. The first-order valence-corrected chi connectivity index (χ1v) is 13.9. The molecule has 0 aliphatic rings. The van der Waals surface area contributed by atoms with Gasteiger partial charge in [0.1, 0.15) is 0 Å². The fourth-order valence-corrected chi connectivity index (χ4v) is 2.96. The Balaban J connectivity index is -0.000000220. The summed E-state index contributed by atoms with van der Waals surface area (Å²) in [6.45, 7) is 15.6. The minimum absolute atomic E-state index is 0. The van der Waals surface area contributed by atoms with Crippen molar-refractivity contribution in [3.63, 3.8) is 0 Å². The van der Waals surface area contributed by atoms with Crippen LogP contribution in [-0.4, -0.2) is 35.8 Å². The van der Waals surface area contributed by atoms with Gasteiger partial charge in [-0.05, 0) is 24.8 Å². The van der Waals surface area contributed by atoms with E-state index < -0.39 is 11.9 Å². The van der Waals surface area contributed by atoms with E-state index in [1.54, 1.807) is 18.2 Å². The van der Waals surface area contributed by atoms with Gasteiger partial charge in [0.2, 0.25) is 0 Å². The summed E-state index contributed by atoms with van der Waals surface area (Å²) in [6, 6.07) is 6.88. The van der Waals surface area contributed by atoms with Crippen LogP contribution in [0, 0.1) is 13.8 Å². The molecule has 1 aromatic carbocycles. The number of carboxylic acids is 2. The predicted octanol–water partition coefficient (Wildman–Crippen LogP) is 6.91. The van der Waals surface area contributed by atoms with Crippen molar-refractivity contribution in [2.75, 3.05) is 0 Å². The van der Waals surface area contributed by atoms with E-state index in [9.17, 15) is 19.8 Å². The molecule has 5 heteroatoms. The van der Waals surface area contributed by atoms with Gasteiger partial charge in [0, 0.05) is 11.5 Å². The Hall–Kier alpha value is -1.04. The van der Waals surface area contributed by atoms with Gasteiger partial charge in [-0.1, -0.05) is 156 Å². The second-order valence-electron chi connectivity index (χ2n) is 8.66. The zero-order valence-corrected chi connectivity index (χ0v) is 26.7. The van der Waals surface area contributed by atoms with Gasteiger partial charge in [-0.15, -0.1) is 0 Å². The SMILES string of the molecule is CCCCCCCCCCCCCC(=O)[O-].CCc1ccccc1C(=O)[O-].[CH2]CCC.[CH2]CCC.[Sn+2]. The van der Waals surface area contributed by atoms with Crippen molar-refractivity contribution in [1.29, 1.82) is 0 Å². The average Bonchev–Trinajstić information content (AvgIpc) is 2.87. The van der Waals surface area contributed by atoms with Crippen LogP contribution < -0.4 is 10.2 Å². The monoisotopic (exact) mass is 610 g/mol. The molecule has 0 atom stereocenters. The molecule has 0 aliphatic carbocycles. The summed E-state index contributed by atoms with van der Waals surface area (Å²) < 4.78 is 0. The van der Waals surface area contributed by atoms with E-state index in [-0.39, 0.29) is 30.3 Å². The topological polar surface area (TPSA) is 80.3 Å². The Labute approximate surface area is 241 Å². The zero-order chi connectivity index (χ0) is 27.2. The third-order valence-corrected chi connectivity index (χ3v) is 5.31. The number of hydrogen-bond acceptors (Lipinski definition) is 4. The second kappa shape index (κ2) is 36.1. The van der Waals surface area contributed by atoms with Crippen LogP contribution in [-0.2, 0) is 11.2 Å². The molecule has 4 radical (unpaired) electrons. The molecule has 1 aromatic rings. The Morgan fingerprint density at radius 3 is 1.36 bits per heavy atom. The Morgan fingerprint density at radius 2 is 1.06 bits per heavy atom. The Kier molecular flexibility index (Phi) is 42.2. The van der Waals surface area contributed by atoms with Crippen molar-refractivity contribution in [2.24, 2.45) is 0 Å². The first kappa shape index (κ1) is 42.1. The number of carbonyl (C=O) groups excluding carboxylic acids is 2. The molecular weight excluding hydrogens is 555 g/mol. The number of carbonyl (C=O) groups is 2. The second-order valence-corrected chi connectivity index (χ2v) is 8.66. The van der Waals surface area contributed by atoms with Gasteiger partial charge < -0.3 is 19.8 Å². The fourth-order valence-electron chi connectivity index (χ4n) is 2.96. The molecule has 0 amide bonds. The summed E-state index contributed by atoms with van der Waals surface area (Å²) in [5.74, 6) is -2.00. The number of aliphatic carboxylic acids is 1. The van der Waals surface area contributed by atoms with Crippen LogP contribution in [0.3, 0.4) is 0 Å². The number of aryl methyl sites for hydroxylation is 1.